The molecule has 0 fully saturated rings. The summed E-state index contributed by atoms with van der Waals surface area (Å²) < 4.78 is 7.40. The van der Waals surface area contributed by atoms with Gasteiger partial charge in [0.2, 0.25) is 0 Å². The molecule has 0 bridgehead atoms. The van der Waals surface area contributed by atoms with Gasteiger partial charge in [0, 0.05) is 23.9 Å². The molecule has 0 aliphatic heterocycles. The maximum absolute atomic E-state index is 9.10. The fourth-order valence-electron chi connectivity index (χ4n) is 3.02. The van der Waals surface area contributed by atoms with E-state index >= 15 is 0 Å². The number of furan rings is 1. The number of hydrogen-bond donors (Lipinski definition) is 3. The molecule has 0 amide bonds. The molecule has 3 N–H and O–H groups in total. The number of carboxylic acids is 2. The second-order valence-corrected chi connectivity index (χ2v) is 6.85. The van der Waals surface area contributed by atoms with Crippen LogP contribution in [-0.4, -0.2) is 31.9 Å². The van der Waals surface area contributed by atoms with Gasteiger partial charge in [0.05, 0.1) is 25.0 Å². The normalized spacial score (nSPS) is 10.2. The molecule has 4 rings (SSSR count). The molecule has 0 unspecified atom stereocenters. The van der Waals surface area contributed by atoms with Crippen molar-refractivity contribution in [2.24, 2.45) is 0 Å². The summed E-state index contributed by atoms with van der Waals surface area (Å²) >= 11 is 0. The van der Waals surface area contributed by atoms with E-state index in [4.69, 9.17) is 29.3 Å². The van der Waals surface area contributed by atoms with Gasteiger partial charge in [-0.05, 0) is 17.7 Å². The van der Waals surface area contributed by atoms with Crippen molar-refractivity contribution in [1.82, 2.24) is 15.1 Å². The second kappa shape index (κ2) is 11.3. The minimum absolute atomic E-state index is 0.699. The highest BCUT2D eigenvalue weighted by Crippen LogP contribution is 2.22. The Morgan fingerprint density at radius 3 is 2.12 bits per heavy atom. The van der Waals surface area contributed by atoms with E-state index in [1.165, 1.54) is 11.1 Å². The number of nitrogens with zero attached hydrogens (tertiary/aromatic N) is 2. The maximum atomic E-state index is 9.10. The summed E-state index contributed by atoms with van der Waals surface area (Å²) in [6, 6.07) is 24.6. The molecule has 2 aromatic carbocycles. The number of carbonyl (C=O) groups is 2. The van der Waals surface area contributed by atoms with Crippen molar-refractivity contribution >= 4 is 11.9 Å². The van der Waals surface area contributed by atoms with Gasteiger partial charge in [-0.1, -0.05) is 60.7 Å². The van der Waals surface area contributed by atoms with E-state index in [2.05, 4.69) is 47.9 Å². The largest absolute Gasteiger partial charge is 0.473 e. The third-order valence-corrected chi connectivity index (χ3v) is 4.45. The summed E-state index contributed by atoms with van der Waals surface area (Å²) in [6.07, 6.45) is 3.83. The maximum Gasteiger partial charge on any atom is 0.414 e. The number of benzene rings is 2. The summed E-state index contributed by atoms with van der Waals surface area (Å²) in [5, 5.41) is 23.1. The molecule has 164 valence electrons. The zero-order valence-electron chi connectivity index (χ0n) is 17.2. The van der Waals surface area contributed by atoms with Gasteiger partial charge in [-0.15, -0.1) is 0 Å². The average Bonchev–Trinajstić information content (AvgIpc) is 3.46. The molecule has 0 saturated carbocycles. The summed E-state index contributed by atoms with van der Waals surface area (Å²) in [6.45, 7) is 2.20. The number of aromatic nitrogens is 2. The fraction of sp³-hybridized carbons (Fsp3) is 0.125. The topological polar surface area (TPSA) is 118 Å². The predicted molar refractivity (Wildman–Crippen MR) is 118 cm³/mol. The van der Waals surface area contributed by atoms with Gasteiger partial charge < -0.3 is 19.9 Å². The van der Waals surface area contributed by atoms with Gasteiger partial charge in [0.1, 0.15) is 5.76 Å². The Labute approximate surface area is 184 Å². The van der Waals surface area contributed by atoms with Crippen LogP contribution in [-0.2, 0) is 29.2 Å². The summed E-state index contributed by atoms with van der Waals surface area (Å²) in [5.41, 5.74) is 4.57. The van der Waals surface area contributed by atoms with Crippen molar-refractivity contribution in [3.63, 3.8) is 0 Å². The molecule has 0 radical (unpaired) electrons. The number of hydrogen-bond acceptors (Lipinski definition) is 5. The van der Waals surface area contributed by atoms with Crippen molar-refractivity contribution in [3.8, 4) is 11.3 Å². The van der Waals surface area contributed by atoms with Crippen molar-refractivity contribution < 1.29 is 24.2 Å². The first kappa shape index (κ1) is 22.5. The molecule has 8 heteroatoms. The Balaban J connectivity index is 0.000000427. The van der Waals surface area contributed by atoms with E-state index in [9.17, 15) is 0 Å². The highest BCUT2D eigenvalue weighted by molar-refractivity contribution is 6.27. The lowest BCUT2D eigenvalue weighted by Gasteiger charge is -2.03. The molecule has 2 aromatic heterocycles. The van der Waals surface area contributed by atoms with Crippen LogP contribution in [0, 0.1) is 0 Å². The Morgan fingerprint density at radius 1 is 0.875 bits per heavy atom. The lowest BCUT2D eigenvalue weighted by atomic mass is 10.1. The first-order chi connectivity index (χ1) is 15.5. The molecule has 0 atom stereocenters. The number of rotatable bonds is 7. The van der Waals surface area contributed by atoms with E-state index in [0.717, 1.165) is 30.1 Å². The third kappa shape index (κ3) is 6.68. The first-order valence-electron chi connectivity index (χ1n) is 9.88. The molecule has 0 spiro atoms. The van der Waals surface area contributed by atoms with Crippen LogP contribution in [0.3, 0.4) is 0 Å². The molecule has 8 nitrogen and oxygen atoms in total. The fourth-order valence-corrected chi connectivity index (χ4v) is 3.02. The molecular weight excluding hydrogens is 410 g/mol. The molecule has 0 aliphatic carbocycles. The zero-order valence-corrected chi connectivity index (χ0v) is 17.2. The quantitative estimate of drug-likeness (QED) is 0.381. The standard InChI is InChI=1S/C22H21N3O.C2H2O4/c1-3-8-18(9-4-1)16-25-17-20(14-23-15-21-12-7-13-26-21)22(24-25)19-10-5-2-6-11-19;3-1(4)2(5)6/h1-13,17,23H,14-16H2;(H,3,4)(H,5,6). The lowest BCUT2D eigenvalue weighted by Crippen LogP contribution is -2.12. The second-order valence-electron chi connectivity index (χ2n) is 6.85. The molecule has 4 aromatic rings. The van der Waals surface area contributed by atoms with Crippen molar-refractivity contribution in [2.45, 2.75) is 19.6 Å². The number of aliphatic carboxylic acids is 2. The summed E-state index contributed by atoms with van der Waals surface area (Å²) in [5.74, 6) is -2.71. The minimum atomic E-state index is -1.82. The van der Waals surface area contributed by atoms with Crippen molar-refractivity contribution in [1.29, 1.82) is 0 Å². The van der Waals surface area contributed by atoms with Crippen molar-refractivity contribution in [2.75, 3.05) is 0 Å². The van der Waals surface area contributed by atoms with Crippen LogP contribution in [0.4, 0.5) is 0 Å². The van der Waals surface area contributed by atoms with Crippen molar-refractivity contribution in [3.05, 3.63) is 102 Å². The van der Waals surface area contributed by atoms with Gasteiger partial charge in [0.15, 0.2) is 0 Å². The van der Waals surface area contributed by atoms with E-state index < -0.39 is 11.9 Å². The molecule has 0 aliphatic rings. The van der Waals surface area contributed by atoms with E-state index in [0.29, 0.717) is 6.54 Å². The number of carboxylic acid groups (broad SMARTS) is 2. The Morgan fingerprint density at radius 2 is 1.53 bits per heavy atom. The Bertz CT molecular complexity index is 1110. The first-order valence-corrected chi connectivity index (χ1v) is 9.88. The van der Waals surface area contributed by atoms with Crippen LogP contribution < -0.4 is 5.32 Å². The smallest absolute Gasteiger partial charge is 0.414 e. The highest BCUT2D eigenvalue weighted by atomic mass is 16.4. The van der Waals surface area contributed by atoms with Crippen LogP contribution in [0.15, 0.2) is 89.7 Å². The van der Waals surface area contributed by atoms with Crippen LogP contribution >= 0.6 is 0 Å². The highest BCUT2D eigenvalue weighted by Gasteiger charge is 2.11. The van der Waals surface area contributed by atoms with Crippen LogP contribution in [0.2, 0.25) is 0 Å². The van der Waals surface area contributed by atoms with Gasteiger partial charge in [-0.3, -0.25) is 4.68 Å². The molecule has 0 saturated heterocycles. The van der Waals surface area contributed by atoms with Crippen LogP contribution in [0.1, 0.15) is 16.9 Å². The predicted octanol–water partition coefficient (Wildman–Crippen LogP) is 3.64. The SMILES string of the molecule is O=C(O)C(=O)O.c1ccc(Cn2cc(CNCc3ccco3)c(-c3ccccc3)n2)cc1. The molecule has 32 heavy (non-hydrogen) atoms. The van der Waals surface area contributed by atoms with E-state index in [1.54, 1.807) is 6.26 Å². The Hall–Kier alpha value is -4.17. The van der Waals surface area contributed by atoms with E-state index in [-0.39, 0.29) is 0 Å². The van der Waals surface area contributed by atoms with Gasteiger partial charge >= 0.3 is 11.9 Å². The van der Waals surface area contributed by atoms with Crippen LogP contribution in [0.25, 0.3) is 11.3 Å². The molecular formula is C24H23N3O5. The van der Waals surface area contributed by atoms with Crippen LogP contribution in [0.5, 0.6) is 0 Å². The van der Waals surface area contributed by atoms with Gasteiger partial charge in [-0.25, -0.2) is 9.59 Å². The summed E-state index contributed by atoms with van der Waals surface area (Å²) in [4.78, 5) is 18.2. The summed E-state index contributed by atoms with van der Waals surface area (Å²) in [7, 11) is 0. The lowest BCUT2D eigenvalue weighted by molar-refractivity contribution is -0.159. The zero-order chi connectivity index (χ0) is 22.8. The van der Waals surface area contributed by atoms with E-state index in [1.807, 2.05) is 41.1 Å². The monoisotopic (exact) mass is 433 g/mol. The average molecular weight is 433 g/mol. The third-order valence-electron chi connectivity index (χ3n) is 4.45. The minimum Gasteiger partial charge on any atom is -0.473 e. The van der Waals surface area contributed by atoms with Gasteiger partial charge in [-0.2, -0.15) is 5.10 Å². The molecule has 2 heterocycles. The Kier molecular flexibility index (Phi) is 7.94. The number of nitrogens with one attached hydrogen (secondary N) is 1. The van der Waals surface area contributed by atoms with Gasteiger partial charge in [0.25, 0.3) is 0 Å².